The number of phenols is 1. The molecule has 5 nitrogen and oxygen atoms in total. The van der Waals surface area contributed by atoms with E-state index < -0.39 is 23.8 Å². The van der Waals surface area contributed by atoms with Crippen LogP contribution in [0.4, 0.5) is 0 Å². The number of Topliss-reactive ketones (excluding diaryl/α,β-unsaturated/α-hetero) is 2. The van der Waals surface area contributed by atoms with Crippen molar-refractivity contribution in [2.75, 3.05) is 0 Å². The predicted octanol–water partition coefficient (Wildman–Crippen LogP) is 0.583. The van der Waals surface area contributed by atoms with Crippen LogP contribution in [0.25, 0.3) is 0 Å². The molecule has 3 rings (SSSR count). The molecular formula is C14H12O5. The van der Waals surface area contributed by atoms with Crippen molar-refractivity contribution in [2.24, 2.45) is 0 Å². The van der Waals surface area contributed by atoms with Gasteiger partial charge in [-0.2, -0.15) is 0 Å². The highest BCUT2D eigenvalue weighted by Gasteiger charge is 2.40. The van der Waals surface area contributed by atoms with Gasteiger partial charge < -0.3 is 15.3 Å². The van der Waals surface area contributed by atoms with Crippen LogP contribution in [-0.4, -0.2) is 39.1 Å². The van der Waals surface area contributed by atoms with Crippen LogP contribution in [0.5, 0.6) is 5.75 Å². The first kappa shape index (κ1) is 12.1. The Kier molecular flexibility index (Phi) is 2.55. The topological polar surface area (TPSA) is 94.8 Å². The van der Waals surface area contributed by atoms with Gasteiger partial charge in [0, 0.05) is 29.6 Å². The van der Waals surface area contributed by atoms with Gasteiger partial charge in [0.05, 0.1) is 17.8 Å². The molecule has 0 aromatic heterocycles. The van der Waals surface area contributed by atoms with Crippen molar-refractivity contribution in [3.05, 3.63) is 40.5 Å². The molecule has 19 heavy (non-hydrogen) atoms. The van der Waals surface area contributed by atoms with Gasteiger partial charge in [-0.15, -0.1) is 0 Å². The van der Waals surface area contributed by atoms with Crippen molar-refractivity contribution in [1.29, 1.82) is 0 Å². The number of carbonyl (C=O) groups excluding carboxylic acids is 2. The lowest BCUT2D eigenvalue weighted by Crippen LogP contribution is -2.36. The molecule has 3 N–H and O–H groups in total. The number of hydrogen-bond acceptors (Lipinski definition) is 5. The quantitative estimate of drug-likeness (QED) is 0.634. The smallest absolute Gasteiger partial charge is 0.196 e. The summed E-state index contributed by atoms with van der Waals surface area (Å²) in [4.78, 5) is 24.6. The van der Waals surface area contributed by atoms with Crippen molar-refractivity contribution < 1.29 is 24.9 Å². The summed E-state index contributed by atoms with van der Waals surface area (Å²) in [5.74, 6) is -1.19. The predicted molar refractivity (Wildman–Crippen MR) is 65.0 cm³/mol. The van der Waals surface area contributed by atoms with E-state index in [2.05, 4.69) is 0 Å². The average Bonchev–Trinajstić information content (AvgIpc) is 2.34. The normalized spacial score (nSPS) is 26.2. The lowest BCUT2D eigenvalue weighted by atomic mass is 9.75. The second kappa shape index (κ2) is 4.01. The molecule has 0 amide bonds. The van der Waals surface area contributed by atoms with E-state index in [1.165, 1.54) is 18.2 Å². The van der Waals surface area contributed by atoms with Crippen LogP contribution in [0.2, 0.25) is 0 Å². The molecule has 1 aromatic carbocycles. The molecule has 0 bridgehead atoms. The third-order valence-electron chi connectivity index (χ3n) is 3.63. The number of aliphatic hydroxyl groups excluding tert-OH is 2. The molecule has 5 heteroatoms. The van der Waals surface area contributed by atoms with Gasteiger partial charge in [0.15, 0.2) is 11.6 Å². The third kappa shape index (κ3) is 1.63. The van der Waals surface area contributed by atoms with Gasteiger partial charge >= 0.3 is 0 Å². The van der Waals surface area contributed by atoms with Crippen LogP contribution < -0.4 is 0 Å². The van der Waals surface area contributed by atoms with Gasteiger partial charge in [-0.05, 0) is 6.07 Å². The molecule has 2 unspecified atom stereocenters. The monoisotopic (exact) mass is 260 g/mol. The summed E-state index contributed by atoms with van der Waals surface area (Å²) >= 11 is 0. The summed E-state index contributed by atoms with van der Waals surface area (Å²) < 4.78 is 0. The number of aromatic hydroxyl groups is 1. The van der Waals surface area contributed by atoms with Gasteiger partial charge in [0.25, 0.3) is 0 Å². The average molecular weight is 260 g/mol. The molecule has 0 radical (unpaired) electrons. The van der Waals surface area contributed by atoms with E-state index in [-0.39, 0.29) is 40.9 Å². The van der Waals surface area contributed by atoms with Gasteiger partial charge in [-0.1, -0.05) is 12.1 Å². The molecule has 0 spiro atoms. The van der Waals surface area contributed by atoms with Crippen LogP contribution in [0, 0.1) is 0 Å². The molecule has 0 fully saturated rings. The Labute approximate surface area is 108 Å². The van der Waals surface area contributed by atoms with Gasteiger partial charge in [0.1, 0.15) is 5.75 Å². The van der Waals surface area contributed by atoms with E-state index in [4.69, 9.17) is 0 Å². The molecule has 0 heterocycles. The number of phenolic OH excluding ortho intramolecular Hbond substituents is 1. The second-order valence-electron chi connectivity index (χ2n) is 4.86. The molecule has 98 valence electrons. The maximum Gasteiger partial charge on any atom is 0.196 e. The van der Waals surface area contributed by atoms with Gasteiger partial charge in [-0.25, -0.2) is 0 Å². The van der Waals surface area contributed by atoms with Crippen molar-refractivity contribution in [1.82, 2.24) is 0 Å². The zero-order chi connectivity index (χ0) is 13.7. The molecule has 2 atom stereocenters. The fourth-order valence-corrected chi connectivity index (χ4v) is 2.77. The Morgan fingerprint density at radius 3 is 2.58 bits per heavy atom. The first-order valence-electron chi connectivity index (χ1n) is 6.01. The van der Waals surface area contributed by atoms with Gasteiger partial charge in [-0.3, -0.25) is 9.59 Å². The lowest BCUT2D eigenvalue weighted by Gasteiger charge is -2.30. The summed E-state index contributed by atoms with van der Waals surface area (Å²) in [5, 5.41) is 29.3. The zero-order valence-corrected chi connectivity index (χ0v) is 9.96. The standard InChI is InChI=1S/C14H12O5/c15-6-4-8-12(10(17)5-6)14(19)11-7(13(8)18)2-1-3-9(11)16/h1-3,6,10,15-17H,4-5H2. The summed E-state index contributed by atoms with van der Waals surface area (Å²) in [6.45, 7) is 0. The van der Waals surface area contributed by atoms with Crippen molar-refractivity contribution in [3.63, 3.8) is 0 Å². The zero-order valence-electron chi connectivity index (χ0n) is 9.96. The number of fused-ring (bicyclic) bond motifs is 1. The van der Waals surface area contributed by atoms with E-state index in [0.29, 0.717) is 0 Å². The van der Waals surface area contributed by atoms with E-state index in [1.807, 2.05) is 0 Å². The Bertz CT molecular complexity index is 629. The first-order valence-corrected chi connectivity index (χ1v) is 6.01. The highest BCUT2D eigenvalue weighted by atomic mass is 16.3. The summed E-state index contributed by atoms with van der Waals surface area (Å²) in [5.41, 5.74) is 0.255. The Morgan fingerprint density at radius 2 is 1.84 bits per heavy atom. The maximum absolute atomic E-state index is 12.3. The molecule has 0 saturated heterocycles. The first-order chi connectivity index (χ1) is 9.00. The van der Waals surface area contributed by atoms with Crippen molar-refractivity contribution >= 4 is 11.6 Å². The molecule has 2 aliphatic carbocycles. The number of rotatable bonds is 0. The Balaban J connectivity index is 2.24. The summed E-state index contributed by atoms with van der Waals surface area (Å²) in [6, 6.07) is 4.28. The second-order valence-corrected chi connectivity index (χ2v) is 4.86. The Morgan fingerprint density at radius 1 is 1.11 bits per heavy atom. The molecular weight excluding hydrogens is 248 g/mol. The minimum atomic E-state index is -1.16. The third-order valence-corrected chi connectivity index (χ3v) is 3.63. The van der Waals surface area contributed by atoms with Crippen LogP contribution in [0.3, 0.4) is 0 Å². The van der Waals surface area contributed by atoms with Crippen LogP contribution in [0.1, 0.15) is 33.6 Å². The molecule has 0 saturated carbocycles. The van der Waals surface area contributed by atoms with E-state index in [0.717, 1.165) is 0 Å². The van der Waals surface area contributed by atoms with Crippen LogP contribution in [-0.2, 0) is 0 Å². The van der Waals surface area contributed by atoms with Crippen molar-refractivity contribution in [2.45, 2.75) is 25.0 Å². The molecule has 2 aliphatic rings. The largest absolute Gasteiger partial charge is 0.507 e. The number of carbonyl (C=O) groups is 2. The minimum absolute atomic E-state index is 0.0179. The number of benzene rings is 1. The van der Waals surface area contributed by atoms with Crippen LogP contribution >= 0.6 is 0 Å². The number of ketones is 2. The van der Waals surface area contributed by atoms with E-state index in [9.17, 15) is 24.9 Å². The highest BCUT2D eigenvalue weighted by Crippen LogP contribution is 2.38. The Hall–Kier alpha value is -1.98. The highest BCUT2D eigenvalue weighted by molar-refractivity contribution is 6.28. The summed E-state index contributed by atoms with van der Waals surface area (Å²) in [6.07, 6.45) is -1.90. The number of aliphatic hydroxyl groups is 2. The van der Waals surface area contributed by atoms with Crippen molar-refractivity contribution in [3.8, 4) is 5.75 Å². The minimum Gasteiger partial charge on any atom is -0.507 e. The number of hydrogen-bond donors (Lipinski definition) is 3. The van der Waals surface area contributed by atoms with Gasteiger partial charge in [0.2, 0.25) is 0 Å². The lowest BCUT2D eigenvalue weighted by molar-refractivity contribution is 0.0706. The molecule has 0 aliphatic heterocycles. The van der Waals surface area contributed by atoms with E-state index in [1.54, 1.807) is 0 Å². The fraction of sp³-hybridized carbons (Fsp3) is 0.286. The SMILES string of the molecule is O=C1C2=C(C(=O)c3c(O)cccc31)C(O)CC(O)C2. The fourth-order valence-electron chi connectivity index (χ4n) is 2.77. The van der Waals surface area contributed by atoms with Crippen LogP contribution in [0.15, 0.2) is 29.3 Å². The summed E-state index contributed by atoms with van der Waals surface area (Å²) in [7, 11) is 0. The molecule has 1 aromatic rings. The van der Waals surface area contributed by atoms with E-state index >= 15 is 0 Å². The maximum atomic E-state index is 12.3.